The molecular formula is C31H38N4O2. The predicted molar refractivity (Wildman–Crippen MR) is 152 cm³/mol. The molecule has 2 aliphatic heterocycles. The molecule has 194 valence electrons. The van der Waals surface area contributed by atoms with Crippen LogP contribution < -0.4 is 0 Å². The molecule has 0 saturated carbocycles. The van der Waals surface area contributed by atoms with E-state index in [1.807, 2.05) is 26.8 Å². The van der Waals surface area contributed by atoms with Crippen molar-refractivity contribution in [2.24, 2.45) is 15.9 Å². The van der Waals surface area contributed by atoms with Crippen molar-refractivity contribution in [2.75, 3.05) is 7.11 Å². The number of esters is 1. The molecule has 0 spiro atoms. The third kappa shape index (κ3) is 4.73. The van der Waals surface area contributed by atoms with E-state index in [1.165, 1.54) is 40.8 Å². The van der Waals surface area contributed by atoms with Crippen LogP contribution in [0.5, 0.6) is 0 Å². The molecule has 2 aromatic rings. The molecule has 4 heterocycles. The van der Waals surface area contributed by atoms with Gasteiger partial charge in [0, 0.05) is 29.7 Å². The zero-order chi connectivity index (χ0) is 27.2. The fourth-order valence-corrected chi connectivity index (χ4v) is 4.87. The molecule has 6 heteroatoms. The highest BCUT2D eigenvalue weighted by Crippen LogP contribution is 2.33. The number of nitrogens with one attached hydrogen (secondary N) is 2. The monoisotopic (exact) mass is 498 g/mol. The molecule has 2 N–H and O–H groups in total. The van der Waals surface area contributed by atoms with Crippen LogP contribution in [0.3, 0.4) is 0 Å². The van der Waals surface area contributed by atoms with E-state index in [1.54, 1.807) is 0 Å². The van der Waals surface area contributed by atoms with Crippen molar-refractivity contribution in [3.63, 3.8) is 0 Å². The van der Waals surface area contributed by atoms with Crippen LogP contribution >= 0.6 is 0 Å². The maximum atomic E-state index is 12.1. The summed E-state index contributed by atoms with van der Waals surface area (Å²) in [6, 6.07) is 0. The van der Waals surface area contributed by atoms with Gasteiger partial charge >= 0.3 is 5.97 Å². The maximum absolute atomic E-state index is 12.1. The first-order chi connectivity index (χ1) is 17.4. The summed E-state index contributed by atoms with van der Waals surface area (Å²) < 4.78 is 4.93. The Bertz CT molecular complexity index is 1480. The SMILES string of the molecule is COC(=O)C(C)C1=N/C(=C\C2=NC(=Cc3[nH]c(Cc4[nH]cc(C)c4C)c(C)c3C)C(C)=C2C)C(C)=C1C. The molecule has 2 aromatic heterocycles. The molecule has 37 heavy (non-hydrogen) atoms. The maximum Gasteiger partial charge on any atom is 0.314 e. The van der Waals surface area contributed by atoms with E-state index >= 15 is 0 Å². The minimum absolute atomic E-state index is 0.278. The van der Waals surface area contributed by atoms with Crippen LogP contribution in [0.2, 0.25) is 0 Å². The fourth-order valence-electron chi connectivity index (χ4n) is 4.87. The quantitative estimate of drug-likeness (QED) is 0.430. The summed E-state index contributed by atoms with van der Waals surface area (Å²) in [4.78, 5) is 29.0. The Morgan fingerprint density at radius 3 is 2.14 bits per heavy atom. The van der Waals surface area contributed by atoms with Crippen molar-refractivity contribution >= 4 is 23.5 Å². The number of rotatable bonds is 6. The van der Waals surface area contributed by atoms with E-state index in [0.29, 0.717) is 0 Å². The number of aryl methyl sites for hydroxylation is 1. The van der Waals surface area contributed by atoms with Gasteiger partial charge in [0.25, 0.3) is 0 Å². The molecule has 0 fully saturated rings. The third-order valence-electron chi connectivity index (χ3n) is 8.23. The predicted octanol–water partition coefficient (Wildman–Crippen LogP) is 6.78. The largest absolute Gasteiger partial charge is 0.469 e. The molecule has 4 rings (SSSR count). The Balaban J connectivity index is 1.66. The molecule has 6 nitrogen and oxygen atoms in total. The smallest absolute Gasteiger partial charge is 0.314 e. The van der Waals surface area contributed by atoms with E-state index in [-0.39, 0.29) is 5.97 Å². The first-order valence-electron chi connectivity index (χ1n) is 12.8. The van der Waals surface area contributed by atoms with Gasteiger partial charge in [-0.3, -0.25) is 9.79 Å². The number of ether oxygens (including phenoxy) is 1. The fraction of sp³-hybridized carbons (Fsp3) is 0.387. The van der Waals surface area contributed by atoms with Gasteiger partial charge in [-0.05, 0) is 119 Å². The minimum Gasteiger partial charge on any atom is -0.469 e. The zero-order valence-electron chi connectivity index (χ0n) is 23.7. The standard InChI is InChI=1S/C31H38N4O2/c1-15-14-32-24(16(15)2)11-25-17(3)18(4)26(33-25)12-27-19(5)20(6)28(34-27)13-29-21(7)22(8)30(35-29)23(9)31(36)37-10/h12-14,23,32-33H,11H2,1-10H3/b27-12?,29-13-. The van der Waals surface area contributed by atoms with Gasteiger partial charge in [-0.25, -0.2) is 4.99 Å². The summed E-state index contributed by atoms with van der Waals surface area (Å²) in [6.45, 7) is 18.7. The first-order valence-corrected chi connectivity index (χ1v) is 12.8. The third-order valence-corrected chi connectivity index (χ3v) is 8.23. The number of carbonyl (C=O) groups is 1. The average Bonchev–Trinajstić information content (AvgIpc) is 3.53. The summed E-state index contributed by atoms with van der Waals surface area (Å²) in [5.74, 6) is -0.683. The van der Waals surface area contributed by atoms with Gasteiger partial charge in [0.05, 0.1) is 35.8 Å². The number of H-pyrrole nitrogens is 2. The van der Waals surface area contributed by atoms with Crippen molar-refractivity contribution in [2.45, 2.75) is 68.7 Å². The van der Waals surface area contributed by atoms with Crippen LogP contribution in [0.25, 0.3) is 6.08 Å². The molecule has 2 aliphatic rings. The number of methoxy groups -OCH3 is 1. The molecule has 1 unspecified atom stereocenters. The van der Waals surface area contributed by atoms with Gasteiger partial charge in [0.15, 0.2) is 0 Å². The van der Waals surface area contributed by atoms with Crippen LogP contribution in [0.1, 0.15) is 74.0 Å². The van der Waals surface area contributed by atoms with Crippen LogP contribution in [0, 0.1) is 33.6 Å². The molecule has 0 amide bonds. The summed E-state index contributed by atoms with van der Waals surface area (Å²) in [7, 11) is 1.41. The van der Waals surface area contributed by atoms with Crippen molar-refractivity contribution < 1.29 is 9.53 Å². The van der Waals surface area contributed by atoms with Crippen molar-refractivity contribution in [3.8, 4) is 0 Å². The van der Waals surface area contributed by atoms with Gasteiger partial charge in [0.1, 0.15) is 0 Å². The van der Waals surface area contributed by atoms with E-state index in [4.69, 9.17) is 14.7 Å². The van der Waals surface area contributed by atoms with Gasteiger partial charge in [-0.1, -0.05) is 0 Å². The molecule has 0 saturated heterocycles. The summed E-state index contributed by atoms with van der Waals surface area (Å²) in [6.07, 6.45) is 7.10. The lowest BCUT2D eigenvalue weighted by molar-refractivity contribution is -0.142. The van der Waals surface area contributed by atoms with Crippen molar-refractivity contribution in [1.82, 2.24) is 9.97 Å². The Kier molecular flexibility index (Phi) is 7.13. The molecule has 0 radical (unpaired) electrons. The molecule has 1 atom stereocenters. The summed E-state index contributed by atoms with van der Waals surface area (Å²) in [5, 5.41) is 0. The van der Waals surface area contributed by atoms with Crippen molar-refractivity contribution in [1.29, 1.82) is 0 Å². The number of aliphatic imine (C=N–C) groups is 2. The molecule has 0 bridgehead atoms. The highest BCUT2D eigenvalue weighted by molar-refractivity contribution is 6.16. The average molecular weight is 499 g/mol. The number of hydrogen-bond acceptors (Lipinski definition) is 4. The van der Waals surface area contributed by atoms with Gasteiger partial charge < -0.3 is 14.7 Å². The number of aromatic nitrogens is 2. The Morgan fingerprint density at radius 2 is 1.51 bits per heavy atom. The summed E-state index contributed by atoms with van der Waals surface area (Å²) in [5.41, 5.74) is 16.5. The van der Waals surface area contributed by atoms with Gasteiger partial charge in [-0.15, -0.1) is 0 Å². The van der Waals surface area contributed by atoms with Crippen LogP contribution in [0.15, 0.2) is 55.9 Å². The molecule has 0 aliphatic carbocycles. The second-order valence-electron chi connectivity index (χ2n) is 10.3. The van der Waals surface area contributed by atoms with E-state index in [2.05, 4.69) is 63.8 Å². The minimum atomic E-state index is -0.405. The number of aromatic amines is 2. The summed E-state index contributed by atoms with van der Waals surface area (Å²) >= 11 is 0. The lowest BCUT2D eigenvalue weighted by Crippen LogP contribution is -2.22. The Hall–Kier alpha value is -3.67. The number of nitrogens with zero attached hydrogens (tertiary/aromatic N) is 2. The topological polar surface area (TPSA) is 82.6 Å². The Labute approximate surface area is 220 Å². The lowest BCUT2D eigenvalue weighted by Gasteiger charge is -2.09. The van der Waals surface area contributed by atoms with Gasteiger partial charge in [0.2, 0.25) is 0 Å². The Morgan fingerprint density at radius 1 is 0.865 bits per heavy atom. The second kappa shape index (κ2) is 10.0. The van der Waals surface area contributed by atoms with E-state index < -0.39 is 5.92 Å². The normalized spacial score (nSPS) is 18.9. The van der Waals surface area contributed by atoms with Crippen LogP contribution in [-0.2, 0) is 16.0 Å². The van der Waals surface area contributed by atoms with Crippen molar-refractivity contribution in [3.05, 3.63) is 85.3 Å². The molecule has 0 aromatic carbocycles. The van der Waals surface area contributed by atoms with Crippen LogP contribution in [-0.4, -0.2) is 34.5 Å². The highest BCUT2D eigenvalue weighted by atomic mass is 16.5. The number of hydrogen-bond donors (Lipinski definition) is 2. The van der Waals surface area contributed by atoms with E-state index in [9.17, 15) is 4.79 Å². The number of carbonyl (C=O) groups excluding carboxylic acids is 1. The van der Waals surface area contributed by atoms with Gasteiger partial charge in [-0.2, -0.15) is 0 Å². The second-order valence-corrected chi connectivity index (χ2v) is 10.3. The van der Waals surface area contributed by atoms with E-state index in [0.717, 1.165) is 57.2 Å². The zero-order valence-corrected chi connectivity index (χ0v) is 23.7. The lowest BCUT2D eigenvalue weighted by atomic mass is 9.97. The first kappa shape index (κ1) is 26.4. The highest BCUT2D eigenvalue weighted by Gasteiger charge is 2.28. The molecular weight excluding hydrogens is 460 g/mol. The number of allylic oxidation sites excluding steroid dienone is 5. The van der Waals surface area contributed by atoms with Crippen LogP contribution in [0.4, 0.5) is 0 Å².